The number of nitrogens with one attached hydrogen (secondary N) is 1. The molecule has 0 unspecified atom stereocenters. The molecule has 0 atom stereocenters. The third-order valence-electron chi connectivity index (χ3n) is 4.80. The van der Waals surface area contributed by atoms with E-state index in [2.05, 4.69) is 5.10 Å². The molecule has 0 spiro atoms. The van der Waals surface area contributed by atoms with E-state index in [9.17, 15) is 4.79 Å². The number of rotatable bonds is 3. The number of nitrogens with two attached hydrogens (primary N) is 1. The predicted octanol–water partition coefficient (Wildman–Crippen LogP) is 3.40. The molecule has 1 aliphatic rings. The Morgan fingerprint density at radius 1 is 1.31 bits per heavy atom. The van der Waals surface area contributed by atoms with Gasteiger partial charge in [0, 0.05) is 37.2 Å². The minimum Gasteiger partial charge on any atom is -0.384 e. The maximum absolute atomic E-state index is 12.5. The van der Waals surface area contributed by atoms with Gasteiger partial charge < -0.3 is 10.5 Å². The van der Waals surface area contributed by atoms with E-state index in [0.29, 0.717) is 41.1 Å². The van der Waals surface area contributed by atoms with Crippen LogP contribution in [-0.4, -0.2) is 27.8 Å². The number of anilines is 1. The highest BCUT2D eigenvalue weighted by Gasteiger charge is 2.21. The van der Waals surface area contributed by atoms with Crippen molar-refractivity contribution < 1.29 is 4.74 Å². The average Bonchev–Trinajstić information content (AvgIpc) is 2.96. The summed E-state index contributed by atoms with van der Waals surface area (Å²) >= 11 is 12.4. The molecule has 0 bridgehead atoms. The summed E-state index contributed by atoms with van der Waals surface area (Å²) in [6.45, 7) is 1.37. The van der Waals surface area contributed by atoms with Crippen LogP contribution in [0.25, 0.3) is 5.65 Å². The largest absolute Gasteiger partial charge is 0.384 e. The minimum absolute atomic E-state index is 0.174. The van der Waals surface area contributed by atoms with Crippen LogP contribution in [0.1, 0.15) is 35.6 Å². The van der Waals surface area contributed by atoms with E-state index in [1.54, 1.807) is 12.1 Å². The lowest BCUT2D eigenvalue weighted by Crippen LogP contribution is -2.21. The first kappa shape index (κ1) is 17.4. The monoisotopic (exact) mass is 392 g/mol. The molecule has 8 heteroatoms. The number of nitrogens with zero attached hydrogens (tertiary/aromatic N) is 2. The zero-order valence-electron chi connectivity index (χ0n) is 14.0. The lowest BCUT2D eigenvalue weighted by atomic mass is 9.96. The normalized spacial score (nSPS) is 15.6. The van der Waals surface area contributed by atoms with Gasteiger partial charge in [-0.2, -0.15) is 4.52 Å². The van der Waals surface area contributed by atoms with Crippen LogP contribution in [0.15, 0.2) is 29.1 Å². The Balaban J connectivity index is 1.81. The molecule has 0 radical (unpaired) electrons. The summed E-state index contributed by atoms with van der Waals surface area (Å²) in [5.41, 5.74) is 8.85. The summed E-state index contributed by atoms with van der Waals surface area (Å²) in [6.07, 6.45) is 2.15. The molecule has 136 valence electrons. The second-order valence-electron chi connectivity index (χ2n) is 6.46. The molecule has 26 heavy (non-hydrogen) atoms. The number of nitrogen functional groups attached to an aromatic ring is 1. The molecule has 3 heterocycles. The number of H-pyrrole nitrogens is 1. The molecule has 4 rings (SSSR count). The van der Waals surface area contributed by atoms with Crippen LogP contribution in [-0.2, 0) is 11.2 Å². The van der Waals surface area contributed by atoms with Crippen molar-refractivity contribution in [3.63, 3.8) is 0 Å². The second kappa shape index (κ2) is 6.95. The molecule has 0 aliphatic carbocycles. The van der Waals surface area contributed by atoms with Crippen molar-refractivity contribution in [3.05, 3.63) is 61.5 Å². The number of benzene rings is 1. The van der Waals surface area contributed by atoms with Gasteiger partial charge in [-0.15, -0.1) is 0 Å². The molecule has 0 saturated carbocycles. The van der Waals surface area contributed by atoms with E-state index in [1.165, 1.54) is 4.52 Å². The van der Waals surface area contributed by atoms with Crippen LogP contribution in [0, 0.1) is 0 Å². The van der Waals surface area contributed by atoms with Crippen LogP contribution >= 0.6 is 23.2 Å². The Hall–Kier alpha value is -2.02. The van der Waals surface area contributed by atoms with E-state index in [-0.39, 0.29) is 11.5 Å². The van der Waals surface area contributed by atoms with E-state index in [4.69, 9.17) is 38.7 Å². The molecule has 6 nitrogen and oxygen atoms in total. The van der Waals surface area contributed by atoms with Crippen LogP contribution in [0.4, 0.5) is 5.82 Å². The molecule has 1 saturated heterocycles. The standard InChI is InChI=1S/C18H18Cl2N4O2/c19-13-3-1-2-11(16(13)20)8-12-17(21)23-24-15(25)9-14(22-18(12)24)10-4-6-26-7-5-10/h1-3,9-10,23H,4-8,21H2. The first-order valence-corrected chi connectivity index (χ1v) is 9.21. The van der Waals surface area contributed by atoms with Crippen molar-refractivity contribution in [1.82, 2.24) is 14.6 Å². The van der Waals surface area contributed by atoms with Gasteiger partial charge in [-0.05, 0) is 24.5 Å². The minimum atomic E-state index is -0.174. The van der Waals surface area contributed by atoms with Crippen molar-refractivity contribution >= 4 is 34.7 Å². The number of hydrogen-bond donors (Lipinski definition) is 2. The molecular weight excluding hydrogens is 375 g/mol. The fraction of sp³-hybridized carbons (Fsp3) is 0.333. The van der Waals surface area contributed by atoms with Crippen molar-refractivity contribution in [3.8, 4) is 0 Å². The molecule has 1 aromatic carbocycles. The Morgan fingerprint density at radius 3 is 2.85 bits per heavy atom. The number of aromatic nitrogens is 3. The van der Waals surface area contributed by atoms with Crippen molar-refractivity contribution in [2.24, 2.45) is 0 Å². The van der Waals surface area contributed by atoms with Crippen molar-refractivity contribution in [1.29, 1.82) is 0 Å². The van der Waals surface area contributed by atoms with Gasteiger partial charge in [-0.3, -0.25) is 9.89 Å². The third-order valence-corrected chi connectivity index (χ3v) is 5.66. The Morgan fingerprint density at radius 2 is 2.08 bits per heavy atom. The SMILES string of the molecule is Nc1[nH]n2c(=O)cc(C3CCOCC3)nc2c1Cc1cccc(Cl)c1Cl. The number of fused-ring (bicyclic) bond motifs is 1. The van der Waals surface area contributed by atoms with Crippen LogP contribution in [0.5, 0.6) is 0 Å². The maximum Gasteiger partial charge on any atom is 0.272 e. The van der Waals surface area contributed by atoms with Gasteiger partial charge in [-0.25, -0.2) is 4.98 Å². The highest BCUT2D eigenvalue weighted by molar-refractivity contribution is 6.42. The summed E-state index contributed by atoms with van der Waals surface area (Å²) in [5.74, 6) is 0.620. The molecular formula is C18H18Cl2N4O2. The molecule has 3 aromatic rings. The number of ether oxygens (including phenoxy) is 1. The summed E-state index contributed by atoms with van der Waals surface area (Å²) in [7, 11) is 0. The van der Waals surface area contributed by atoms with E-state index < -0.39 is 0 Å². The fourth-order valence-electron chi connectivity index (χ4n) is 3.37. The maximum atomic E-state index is 12.5. The topological polar surface area (TPSA) is 85.4 Å². The zero-order chi connectivity index (χ0) is 18.3. The van der Waals surface area contributed by atoms with Gasteiger partial charge in [0.2, 0.25) is 0 Å². The predicted molar refractivity (Wildman–Crippen MR) is 102 cm³/mol. The smallest absolute Gasteiger partial charge is 0.272 e. The van der Waals surface area contributed by atoms with Crippen molar-refractivity contribution in [2.45, 2.75) is 25.2 Å². The lowest BCUT2D eigenvalue weighted by Gasteiger charge is -2.21. The first-order chi connectivity index (χ1) is 12.5. The third kappa shape index (κ3) is 3.09. The van der Waals surface area contributed by atoms with Gasteiger partial charge in [0.1, 0.15) is 5.82 Å². The van der Waals surface area contributed by atoms with Crippen LogP contribution < -0.4 is 11.3 Å². The Labute approximate surface area is 159 Å². The van der Waals surface area contributed by atoms with Crippen molar-refractivity contribution in [2.75, 3.05) is 18.9 Å². The Bertz CT molecular complexity index is 1020. The summed E-state index contributed by atoms with van der Waals surface area (Å²) in [5, 5.41) is 3.86. The van der Waals surface area contributed by atoms with E-state index in [0.717, 1.165) is 29.7 Å². The number of halogens is 2. The van der Waals surface area contributed by atoms with Gasteiger partial charge in [-0.1, -0.05) is 35.3 Å². The zero-order valence-corrected chi connectivity index (χ0v) is 15.5. The van der Waals surface area contributed by atoms with Gasteiger partial charge in [0.05, 0.1) is 15.7 Å². The summed E-state index contributed by atoms with van der Waals surface area (Å²) in [4.78, 5) is 17.3. The first-order valence-electron chi connectivity index (χ1n) is 8.45. The van der Waals surface area contributed by atoms with Gasteiger partial charge in [0.15, 0.2) is 5.65 Å². The quantitative estimate of drug-likeness (QED) is 0.714. The number of aromatic amines is 1. The van der Waals surface area contributed by atoms with Gasteiger partial charge >= 0.3 is 0 Å². The second-order valence-corrected chi connectivity index (χ2v) is 7.24. The molecule has 0 amide bonds. The highest BCUT2D eigenvalue weighted by Crippen LogP contribution is 2.30. The lowest BCUT2D eigenvalue weighted by molar-refractivity contribution is 0.0845. The highest BCUT2D eigenvalue weighted by atomic mass is 35.5. The summed E-state index contributed by atoms with van der Waals surface area (Å²) < 4.78 is 6.79. The fourth-order valence-corrected chi connectivity index (χ4v) is 3.76. The van der Waals surface area contributed by atoms with Gasteiger partial charge in [0.25, 0.3) is 5.56 Å². The summed E-state index contributed by atoms with van der Waals surface area (Å²) in [6, 6.07) is 7.03. The Kier molecular flexibility index (Phi) is 4.65. The molecule has 3 N–H and O–H groups in total. The van der Waals surface area contributed by atoms with Crippen LogP contribution in [0.2, 0.25) is 10.0 Å². The van der Waals surface area contributed by atoms with E-state index in [1.807, 2.05) is 12.1 Å². The molecule has 1 aliphatic heterocycles. The average molecular weight is 393 g/mol. The van der Waals surface area contributed by atoms with E-state index >= 15 is 0 Å². The molecule has 1 fully saturated rings. The molecule has 2 aromatic heterocycles. The van der Waals surface area contributed by atoms with Crippen LogP contribution in [0.3, 0.4) is 0 Å². The number of hydrogen-bond acceptors (Lipinski definition) is 4.